The average Bonchev–Trinajstić information content (AvgIpc) is 3.33. The van der Waals surface area contributed by atoms with Crippen molar-refractivity contribution < 1.29 is 24.2 Å². The van der Waals surface area contributed by atoms with E-state index in [-0.39, 0.29) is 17.9 Å². The molecule has 6 rings (SSSR count). The zero-order valence-electron chi connectivity index (χ0n) is 24.8. The number of ketones is 1. The molecule has 7 heteroatoms. The first-order valence-electron chi connectivity index (χ1n) is 14.7. The molecule has 1 aromatic heterocycles. The van der Waals surface area contributed by atoms with Crippen LogP contribution in [0.1, 0.15) is 39.4 Å². The highest BCUT2D eigenvalue weighted by Gasteiger charge is 2.46. The molecule has 1 atom stereocenters. The molecule has 0 saturated carbocycles. The smallest absolute Gasteiger partial charge is 0.295 e. The minimum absolute atomic E-state index is 0.0235. The lowest BCUT2D eigenvalue weighted by Crippen LogP contribution is -2.29. The van der Waals surface area contributed by atoms with Crippen LogP contribution in [0.25, 0.3) is 5.76 Å². The van der Waals surface area contributed by atoms with Gasteiger partial charge in [0.2, 0.25) is 0 Å². The van der Waals surface area contributed by atoms with Crippen molar-refractivity contribution in [3.63, 3.8) is 0 Å². The number of likely N-dealkylation sites (tertiary alicyclic amines) is 1. The molecular weight excluding hydrogens is 564 g/mol. The van der Waals surface area contributed by atoms with Crippen molar-refractivity contribution in [2.45, 2.75) is 32.7 Å². The Balaban J connectivity index is 1.29. The van der Waals surface area contributed by atoms with E-state index < -0.39 is 17.7 Å². The molecule has 7 nitrogen and oxygen atoms in total. The second-order valence-corrected chi connectivity index (χ2v) is 10.9. The molecule has 2 heterocycles. The molecule has 0 spiro atoms. The maximum atomic E-state index is 13.5. The number of amides is 1. The number of rotatable bonds is 10. The van der Waals surface area contributed by atoms with Crippen LogP contribution in [-0.4, -0.2) is 26.7 Å². The second-order valence-electron chi connectivity index (χ2n) is 10.9. The van der Waals surface area contributed by atoms with Crippen molar-refractivity contribution in [1.82, 2.24) is 9.88 Å². The second kappa shape index (κ2) is 13.3. The summed E-state index contributed by atoms with van der Waals surface area (Å²) in [6.45, 7) is 3.00. The van der Waals surface area contributed by atoms with Crippen LogP contribution < -0.4 is 9.47 Å². The summed E-state index contributed by atoms with van der Waals surface area (Å²) in [6.07, 6.45) is 3.31. The van der Waals surface area contributed by atoms with Gasteiger partial charge in [-0.3, -0.25) is 14.6 Å². The Kier molecular flexibility index (Phi) is 8.69. The molecule has 1 amide bonds. The summed E-state index contributed by atoms with van der Waals surface area (Å²) in [7, 11) is 0. The van der Waals surface area contributed by atoms with E-state index in [1.807, 2.05) is 91.9 Å². The number of aryl methyl sites for hydroxylation is 1. The molecule has 224 valence electrons. The quantitative estimate of drug-likeness (QED) is 0.104. The van der Waals surface area contributed by atoms with Crippen LogP contribution in [-0.2, 0) is 29.3 Å². The fourth-order valence-corrected chi connectivity index (χ4v) is 5.36. The van der Waals surface area contributed by atoms with E-state index >= 15 is 0 Å². The summed E-state index contributed by atoms with van der Waals surface area (Å²) in [5.41, 5.74) is 5.12. The summed E-state index contributed by atoms with van der Waals surface area (Å²) in [6, 6.07) is 34.8. The normalized spacial score (nSPS) is 15.7. The lowest BCUT2D eigenvalue weighted by molar-refractivity contribution is -0.140. The van der Waals surface area contributed by atoms with Gasteiger partial charge in [0.05, 0.1) is 11.6 Å². The molecule has 4 aromatic carbocycles. The zero-order valence-corrected chi connectivity index (χ0v) is 24.8. The van der Waals surface area contributed by atoms with Gasteiger partial charge in [0.1, 0.15) is 30.5 Å². The summed E-state index contributed by atoms with van der Waals surface area (Å²) in [4.78, 5) is 32.6. The molecule has 1 aliphatic heterocycles. The molecule has 1 N–H and O–H groups in total. The minimum atomic E-state index is -0.814. The van der Waals surface area contributed by atoms with E-state index in [4.69, 9.17) is 9.47 Å². The standard InChI is InChI=1S/C38H32N2O5/c1-26-8-5-6-12-31(26)25-45-33-19-15-30(16-20-33)36(41)34-35(40(38(43)37(34)42)23-28-11-7-21-39-22-28)29-13-17-32(18-14-29)44-24-27-9-3-2-4-10-27/h2-22,35,41H,23-25H2,1H3. The van der Waals surface area contributed by atoms with E-state index in [0.29, 0.717) is 35.8 Å². The number of aromatic nitrogens is 1. The van der Waals surface area contributed by atoms with Crippen molar-refractivity contribution in [3.8, 4) is 11.5 Å². The van der Waals surface area contributed by atoms with Gasteiger partial charge < -0.3 is 19.5 Å². The molecule has 0 aliphatic carbocycles. The van der Waals surface area contributed by atoms with E-state index in [0.717, 1.165) is 22.3 Å². The fourth-order valence-electron chi connectivity index (χ4n) is 5.36. The molecule has 1 unspecified atom stereocenters. The third kappa shape index (κ3) is 6.63. The Morgan fingerprint density at radius 1 is 0.756 bits per heavy atom. The van der Waals surface area contributed by atoms with E-state index in [1.165, 1.54) is 4.90 Å². The summed E-state index contributed by atoms with van der Waals surface area (Å²) in [5.74, 6) is -0.414. The van der Waals surface area contributed by atoms with Crippen LogP contribution in [0.5, 0.6) is 11.5 Å². The molecule has 5 aromatic rings. The average molecular weight is 597 g/mol. The number of hydrogen-bond donors (Lipinski definition) is 1. The number of aliphatic hydroxyl groups excluding tert-OH is 1. The number of carbonyl (C=O) groups excluding carboxylic acids is 2. The SMILES string of the molecule is Cc1ccccc1COc1ccc(C(O)=C2C(=O)C(=O)N(Cc3cccnc3)C2c2ccc(OCc3ccccc3)cc2)cc1. The predicted molar refractivity (Wildman–Crippen MR) is 171 cm³/mol. The molecule has 0 bridgehead atoms. The topological polar surface area (TPSA) is 89.0 Å². The highest BCUT2D eigenvalue weighted by Crippen LogP contribution is 2.41. The maximum absolute atomic E-state index is 13.5. The van der Waals surface area contributed by atoms with E-state index in [2.05, 4.69) is 4.98 Å². The van der Waals surface area contributed by atoms with E-state index in [9.17, 15) is 14.7 Å². The van der Waals surface area contributed by atoms with Crippen LogP contribution in [0.4, 0.5) is 0 Å². The van der Waals surface area contributed by atoms with Gasteiger partial charge in [0.15, 0.2) is 0 Å². The summed E-state index contributed by atoms with van der Waals surface area (Å²) >= 11 is 0. The van der Waals surface area contributed by atoms with Crippen LogP contribution in [0.2, 0.25) is 0 Å². The third-order valence-corrected chi connectivity index (χ3v) is 7.84. The van der Waals surface area contributed by atoms with Gasteiger partial charge in [0, 0.05) is 24.5 Å². The fraction of sp³-hybridized carbons (Fsp3) is 0.132. The highest BCUT2D eigenvalue weighted by atomic mass is 16.5. The van der Waals surface area contributed by atoms with Crippen molar-refractivity contribution in [2.24, 2.45) is 0 Å². The first kappa shape index (κ1) is 29.4. The summed E-state index contributed by atoms with van der Waals surface area (Å²) < 4.78 is 11.9. The molecule has 45 heavy (non-hydrogen) atoms. The van der Waals surface area contributed by atoms with Gasteiger partial charge in [0.25, 0.3) is 11.7 Å². The third-order valence-electron chi connectivity index (χ3n) is 7.84. The van der Waals surface area contributed by atoms with Crippen molar-refractivity contribution in [1.29, 1.82) is 0 Å². The number of benzene rings is 4. The van der Waals surface area contributed by atoms with Crippen LogP contribution in [0.3, 0.4) is 0 Å². The molecule has 1 saturated heterocycles. The lowest BCUT2D eigenvalue weighted by Gasteiger charge is -2.25. The lowest BCUT2D eigenvalue weighted by atomic mass is 9.95. The molecular formula is C38H32N2O5. The van der Waals surface area contributed by atoms with E-state index in [1.54, 1.807) is 42.7 Å². The first-order chi connectivity index (χ1) is 22.0. The Bertz CT molecular complexity index is 1820. The molecule has 1 fully saturated rings. The van der Waals surface area contributed by atoms with Gasteiger partial charge in [-0.15, -0.1) is 0 Å². The Morgan fingerprint density at radius 2 is 1.40 bits per heavy atom. The number of aliphatic hydroxyl groups is 1. The van der Waals surface area contributed by atoms with Gasteiger partial charge in [-0.2, -0.15) is 0 Å². The minimum Gasteiger partial charge on any atom is -0.507 e. The highest BCUT2D eigenvalue weighted by molar-refractivity contribution is 6.46. The van der Waals surface area contributed by atoms with Crippen LogP contribution in [0, 0.1) is 6.92 Å². The van der Waals surface area contributed by atoms with Crippen molar-refractivity contribution in [2.75, 3.05) is 0 Å². The molecule has 1 aliphatic rings. The predicted octanol–water partition coefficient (Wildman–Crippen LogP) is 7.17. The van der Waals surface area contributed by atoms with Crippen molar-refractivity contribution in [3.05, 3.63) is 167 Å². The largest absolute Gasteiger partial charge is 0.507 e. The Morgan fingerprint density at radius 3 is 2.09 bits per heavy atom. The number of ether oxygens (including phenoxy) is 2. The van der Waals surface area contributed by atoms with Gasteiger partial charge in [-0.05, 0) is 77.2 Å². The zero-order chi connectivity index (χ0) is 31.2. The van der Waals surface area contributed by atoms with Gasteiger partial charge in [-0.25, -0.2) is 0 Å². The number of carbonyl (C=O) groups is 2. The van der Waals surface area contributed by atoms with Gasteiger partial charge in [-0.1, -0.05) is 72.8 Å². The summed E-state index contributed by atoms with van der Waals surface area (Å²) in [5, 5.41) is 11.5. The number of hydrogen-bond acceptors (Lipinski definition) is 6. The first-order valence-corrected chi connectivity index (χ1v) is 14.7. The number of pyridine rings is 1. The molecule has 0 radical (unpaired) electrons. The maximum Gasteiger partial charge on any atom is 0.295 e. The van der Waals surface area contributed by atoms with Crippen LogP contribution in [0.15, 0.2) is 133 Å². The van der Waals surface area contributed by atoms with Crippen molar-refractivity contribution >= 4 is 17.4 Å². The Hall–Kier alpha value is -5.69. The van der Waals surface area contributed by atoms with Gasteiger partial charge >= 0.3 is 0 Å². The number of nitrogens with zero attached hydrogens (tertiary/aromatic N) is 2. The Labute approximate surface area is 262 Å². The van der Waals surface area contributed by atoms with Crippen LogP contribution >= 0.6 is 0 Å². The number of Topliss-reactive ketones (excluding diaryl/α,β-unsaturated/α-hetero) is 1. The monoisotopic (exact) mass is 596 g/mol.